The van der Waals surface area contributed by atoms with Gasteiger partial charge in [-0.05, 0) is 37.6 Å². The van der Waals surface area contributed by atoms with Crippen LogP contribution in [0.4, 0.5) is 5.69 Å². The molecule has 0 aliphatic heterocycles. The fourth-order valence-corrected chi connectivity index (χ4v) is 2.37. The van der Waals surface area contributed by atoms with E-state index in [1.165, 1.54) is 5.56 Å². The molecule has 106 valence electrons. The molecule has 0 aliphatic rings. The van der Waals surface area contributed by atoms with Gasteiger partial charge in [0.25, 0.3) is 0 Å². The van der Waals surface area contributed by atoms with Crippen molar-refractivity contribution in [3.8, 4) is 0 Å². The summed E-state index contributed by atoms with van der Waals surface area (Å²) in [5.41, 5.74) is 2.27. The largest absolute Gasteiger partial charge is 0.354 e. The Balaban J connectivity index is 2.00. The van der Waals surface area contributed by atoms with Crippen molar-refractivity contribution >= 4 is 17.3 Å². The van der Waals surface area contributed by atoms with Crippen LogP contribution in [0.15, 0.2) is 54.6 Å². The number of benzene rings is 2. The minimum Gasteiger partial charge on any atom is -0.354 e. The first-order valence-corrected chi connectivity index (χ1v) is 7.26. The Hall–Kier alpha value is -1.51. The molecule has 0 N–H and O–H groups in total. The Labute approximate surface area is 125 Å². The summed E-state index contributed by atoms with van der Waals surface area (Å²) >= 11 is 6.06. The van der Waals surface area contributed by atoms with E-state index in [9.17, 15) is 0 Å². The molecule has 0 radical (unpaired) electrons. The number of nitrogens with zero attached hydrogens (tertiary/aromatic N) is 1. The Bertz CT molecular complexity index is 530. The summed E-state index contributed by atoms with van der Waals surface area (Å²) in [6.45, 7) is 5.66. The van der Waals surface area contributed by atoms with Gasteiger partial charge in [0.05, 0.1) is 6.61 Å². The van der Waals surface area contributed by atoms with Gasteiger partial charge in [0.1, 0.15) is 6.23 Å². The van der Waals surface area contributed by atoms with Gasteiger partial charge in [0.2, 0.25) is 0 Å². The van der Waals surface area contributed by atoms with Crippen molar-refractivity contribution in [1.29, 1.82) is 0 Å². The van der Waals surface area contributed by atoms with Crippen LogP contribution < -0.4 is 4.90 Å². The highest BCUT2D eigenvalue weighted by atomic mass is 35.5. The fraction of sp³-hybridized carbons (Fsp3) is 0.294. The Morgan fingerprint density at radius 2 is 1.85 bits per heavy atom. The standard InChI is InChI=1S/C17H20ClNO/c1-3-19(17-11-7-10-16(18)12-17)14(2)20-13-15-8-5-4-6-9-15/h4-12,14H,3,13H2,1-2H3. The fourth-order valence-electron chi connectivity index (χ4n) is 2.19. The molecule has 2 aromatic carbocycles. The number of rotatable bonds is 6. The molecule has 20 heavy (non-hydrogen) atoms. The van der Waals surface area contributed by atoms with Crippen molar-refractivity contribution in [1.82, 2.24) is 0 Å². The van der Waals surface area contributed by atoms with Gasteiger partial charge in [-0.3, -0.25) is 0 Å². The van der Waals surface area contributed by atoms with Crippen molar-refractivity contribution in [3.63, 3.8) is 0 Å². The quantitative estimate of drug-likeness (QED) is 0.713. The lowest BCUT2D eigenvalue weighted by atomic mass is 10.2. The van der Waals surface area contributed by atoms with Gasteiger partial charge >= 0.3 is 0 Å². The van der Waals surface area contributed by atoms with Crippen molar-refractivity contribution in [2.45, 2.75) is 26.7 Å². The molecule has 0 amide bonds. The zero-order valence-electron chi connectivity index (χ0n) is 11.9. The highest BCUT2D eigenvalue weighted by Gasteiger charge is 2.13. The molecule has 1 atom stereocenters. The summed E-state index contributed by atoms with van der Waals surface area (Å²) in [5, 5.41) is 0.746. The number of hydrogen-bond acceptors (Lipinski definition) is 2. The molecule has 1 unspecified atom stereocenters. The van der Waals surface area contributed by atoms with E-state index >= 15 is 0 Å². The molecule has 0 saturated heterocycles. The van der Waals surface area contributed by atoms with Gasteiger partial charge in [-0.2, -0.15) is 0 Å². The molecule has 2 nitrogen and oxygen atoms in total. The number of ether oxygens (including phenoxy) is 1. The lowest BCUT2D eigenvalue weighted by molar-refractivity contribution is 0.0513. The predicted molar refractivity (Wildman–Crippen MR) is 85.2 cm³/mol. The molecule has 0 saturated carbocycles. The first-order valence-electron chi connectivity index (χ1n) is 6.88. The van der Waals surface area contributed by atoms with E-state index in [0.717, 1.165) is 17.3 Å². The van der Waals surface area contributed by atoms with Gasteiger partial charge in [-0.25, -0.2) is 0 Å². The van der Waals surface area contributed by atoms with E-state index < -0.39 is 0 Å². The third-order valence-corrected chi connectivity index (χ3v) is 3.49. The smallest absolute Gasteiger partial charge is 0.127 e. The molecular formula is C17H20ClNO. The zero-order chi connectivity index (χ0) is 14.4. The van der Waals surface area contributed by atoms with Crippen molar-refractivity contribution < 1.29 is 4.74 Å². The van der Waals surface area contributed by atoms with Gasteiger partial charge in [0, 0.05) is 17.3 Å². The highest BCUT2D eigenvalue weighted by Crippen LogP contribution is 2.22. The van der Waals surface area contributed by atoms with E-state index in [1.807, 2.05) is 36.4 Å². The molecule has 0 aromatic heterocycles. The lowest BCUT2D eigenvalue weighted by Gasteiger charge is -2.30. The molecule has 0 spiro atoms. The van der Waals surface area contributed by atoms with E-state index in [1.54, 1.807) is 0 Å². The van der Waals surface area contributed by atoms with Crippen LogP contribution in [-0.2, 0) is 11.3 Å². The summed E-state index contributed by atoms with van der Waals surface area (Å²) in [5.74, 6) is 0. The van der Waals surface area contributed by atoms with Crippen LogP contribution in [0.5, 0.6) is 0 Å². The summed E-state index contributed by atoms with van der Waals surface area (Å²) < 4.78 is 5.96. The van der Waals surface area contributed by atoms with Crippen LogP contribution in [0.2, 0.25) is 5.02 Å². The normalized spacial score (nSPS) is 12.2. The molecule has 0 aliphatic carbocycles. The molecule has 0 heterocycles. The maximum absolute atomic E-state index is 6.06. The van der Waals surface area contributed by atoms with Gasteiger partial charge in [0.15, 0.2) is 0 Å². The number of hydrogen-bond donors (Lipinski definition) is 0. The molecular weight excluding hydrogens is 270 g/mol. The number of anilines is 1. The third kappa shape index (κ3) is 3.99. The predicted octanol–water partition coefficient (Wildman–Crippen LogP) is 4.73. The van der Waals surface area contributed by atoms with Crippen LogP contribution in [0.3, 0.4) is 0 Å². The average molecular weight is 290 g/mol. The van der Waals surface area contributed by atoms with Crippen LogP contribution >= 0.6 is 11.6 Å². The van der Waals surface area contributed by atoms with Crippen LogP contribution in [0.1, 0.15) is 19.4 Å². The number of halogens is 1. The van der Waals surface area contributed by atoms with Crippen molar-refractivity contribution in [2.24, 2.45) is 0 Å². The first kappa shape index (κ1) is 14.9. The van der Waals surface area contributed by atoms with Crippen molar-refractivity contribution in [2.75, 3.05) is 11.4 Å². The molecule has 0 fully saturated rings. The SMILES string of the molecule is CCN(c1cccc(Cl)c1)C(C)OCc1ccccc1. The van der Waals surface area contributed by atoms with Gasteiger partial charge in [-0.15, -0.1) is 0 Å². The van der Waals surface area contributed by atoms with Crippen LogP contribution in [-0.4, -0.2) is 12.8 Å². The Morgan fingerprint density at radius 3 is 2.50 bits per heavy atom. The third-order valence-electron chi connectivity index (χ3n) is 3.25. The molecule has 2 aromatic rings. The second-order valence-corrected chi connectivity index (χ2v) is 5.10. The van der Waals surface area contributed by atoms with E-state index in [2.05, 4.69) is 36.9 Å². The van der Waals surface area contributed by atoms with Crippen LogP contribution in [0, 0.1) is 0 Å². The van der Waals surface area contributed by atoms with E-state index in [4.69, 9.17) is 16.3 Å². The van der Waals surface area contributed by atoms with Crippen LogP contribution in [0.25, 0.3) is 0 Å². The summed E-state index contributed by atoms with van der Waals surface area (Å²) in [4.78, 5) is 2.19. The second-order valence-electron chi connectivity index (χ2n) is 4.66. The van der Waals surface area contributed by atoms with Gasteiger partial charge in [-0.1, -0.05) is 48.0 Å². The highest BCUT2D eigenvalue weighted by molar-refractivity contribution is 6.30. The summed E-state index contributed by atoms with van der Waals surface area (Å²) in [6, 6.07) is 18.1. The average Bonchev–Trinajstić information content (AvgIpc) is 2.47. The monoisotopic (exact) mass is 289 g/mol. The van der Waals surface area contributed by atoms with E-state index in [-0.39, 0.29) is 6.23 Å². The topological polar surface area (TPSA) is 12.5 Å². The van der Waals surface area contributed by atoms with E-state index in [0.29, 0.717) is 6.61 Å². The Kier molecular flexibility index (Phi) is 5.45. The van der Waals surface area contributed by atoms with Gasteiger partial charge < -0.3 is 9.64 Å². The maximum Gasteiger partial charge on any atom is 0.127 e. The summed E-state index contributed by atoms with van der Waals surface area (Å²) in [7, 11) is 0. The lowest BCUT2D eigenvalue weighted by Crippen LogP contribution is -2.34. The summed E-state index contributed by atoms with van der Waals surface area (Å²) in [6.07, 6.45) is -0.00123. The second kappa shape index (κ2) is 7.32. The minimum absolute atomic E-state index is 0.00123. The van der Waals surface area contributed by atoms with Crippen molar-refractivity contribution in [3.05, 3.63) is 65.2 Å². The molecule has 3 heteroatoms. The Morgan fingerprint density at radius 1 is 1.10 bits per heavy atom. The molecule has 0 bridgehead atoms. The zero-order valence-corrected chi connectivity index (χ0v) is 12.7. The minimum atomic E-state index is -0.00123. The maximum atomic E-state index is 6.06. The molecule has 2 rings (SSSR count). The first-order chi connectivity index (χ1) is 9.70.